The Bertz CT molecular complexity index is 1180. The molecule has 0 bridgehead atoms. The Labute approximate surface area is 127 Å². The van der Waals surface area contributed by atoms with E-state index in [2.05, 4.69) is 0 Å². The first kappa shape index (κ1) is 15.1. The molecule has 0 aliphatic heterocycles. The van der Waals surface area contributed by atoms with Gasteiger partial charge in [0.2, 0.25) is 55.6 Å². The molecular weight excluding hydrogens is 328 g/mol. The van der Waals surface area contributed by atoms with Crippen LogP contribution in [-0.4, -0.2) is 20.4 Å². The van der Waals surface area contributed by atoms with E-state index in [1.165, 1.54) is 0 Å². The summed E-state index contributed by atoms with van der Waals surface area (Å²) >= 11 is 0. The molecule has 0 fully saturated rings. The Hall–Kier alpha value is -3.82. The molecule has 10 nitrogen and oxygen atoms in total. The van der Waals surface area contributed by atoms with Gasteiger partial charge in [-0.1, -0.05) is 0 Å². The lowest BCUT2D eigenvalue weighted by Crippen LogP contribution is -2.32. The molecule has 0 saturated carbocycles. The first-order valence-electron chi connectivity index (χ1n) is 6.12. The molecule has 24 heavy (non-hydrogen) atoms. The Balaban J connectivity index is 3.03. The molecule has 0 radical (unpaired) electrons. The van der Waals surface area contributed by atoms with Crippen molar-refractivity contribution in [1.82, 2.24) is 0 Å². The number of phenolic OH excluding ortho intramolecular Hbond substituents is 4. The molecule has 0 amide bonds. The van der Waals surface area contributed by atoms with E-state index in [-0.39, 0.29) is 0 Å². The molecule has 0 aliphatic carbocycles. The second-order valence-corrected chi connectivity index (χ2v) is 4.87. The summed E-state index contributed by atoms with van der Waals surface area (Å²) in [6, 6.07) is 0. The smallest absolute Gasteiger partial charge is 0.236 e. The van der Waals surface area contributed by atoms with Crippen LogP contribution in [0.15, 0.2) is 28.8 Å². The van der Waals surface area contributed by atoms with Gasteiger partial charge in [0.15, 0.2) is 0 Å². The van der Waals surface area contributed by atoms with Crippen LogP contribution in [0.1, 0.15) is 0 Å². The second-order valence-electron chi connectivity index (χ2n) is 4.87. The van der Waals surface area contributed by atoms with Crippen molar-refractivity contribution in [2.75, 3.05) is 0 Å². The van der Waals surface area contributed by atoms with E-state index in [4.69, 9.17) is 0 Å². The quantitative estimate of drug-likeness (QED) is 0.249. The van der Waals surface area contributed by atoms with Gasteiger partial charge >= 0.3 is 0 Å². The fourth-order valence-corrected chi connectivity index (χ4v) is 2.47. The topological polar surface area (TPSA) is 183 Å². The molecule has 0 aliphatic rings. The van der Waals surface area contributed by atoms with Crippen molar-refractivity contribution in [1.29, 1.82) is 0 Å². The van der Waals surface area contributed by atoms with Crippen molar-refractivity contribution in [2.24, 2.45) is 0 Å². The minimum atomic E-state index is -1.59. The fourth-order valence-electron chi connectivity index (χ4n) is 2.47. The first-order valence-corrected chi connectivity index (χ1v) is 6.12. The predicted octanol–water partition coefficient (Wildman–Crippen LogP) is -2.71. The zero-order valence-electron chi connectivity index (χ0n) is 11.2. The molecular formula is C14H4O10. The largest absolute Gasteiger partial charge is 0.501 e. The molecule has 0 heterocycles. The summed E-state index contributed by atoms with van der Waals surface area (Å²) in [6.07, 6.45) is 0. The van der Waals surface area contributed by atoms with Gasteiger partial charge in [0, 0.05) is 0 Å². The maximum atomic E-state index is 12.3. The third-order valence-corrected chi connectivity index (χ3v) is 3.63. The van der Waals surface area contributed by atoms with Crippen LogP contribution in [-0.2, 0) is 0 Å². The van der Waals surface area contributed by atoms with E-state index in [0.29, 0.717) is 0 Å². The molecule has 3 aromatic rings. The van der Waals surface area contributed by atoms with Crippen molar-refractivity contribution in [3.05, 3.63) is 61.3 Å². The Morgan fingerprint density at radius 2 is 0.500 bits per heavy atom. The first-order chi connectivity index (χ1) is 11.1. The van der Waals surface area contributed by atoms with Crippen LogP contribution in [0.2, 0.25) is 0 Å². The minimum absolute atomic E-state index is 1.20. The summed E-state index contributed by atoms with van der Waals surface area (Å²) in [5, 5.41) is 32.7. The van der Waals surface area contributed by atoms with Gasteiger partial charge in [-0.15, -0.1) is 0 Å². The highest BCUT2D eigenvalue weighted by Crippen LogP contribution is 2.20. The highest BCUT2D eigenvalue weighted by atomic mass is 16.3. The van der Waals surface area contributed by atoms with E-state index >= 15 is 0 Å². The average Bonchev–Trinajstić information content (AvgIpc) is 2.55. The van der Waals surface area contributed by atoms with Crippen LogP contribution in [0.5, 0.6) is 23.0 Å². The Morgan fingerprint density at radius 1 is 0.333 bits per heavy atom. The van der Waals surface area contributed by atoms with Crippen LogP contribution in [0, 0.1) is 0 Å². The average molecular weight is 332 g/mol. The van der Waals surface area contributed by atoms with Gasteiger partial charge in [-0.05, 0) is 0 Å². The van der Waals surface area contributed by atoms with E-state index in [1.54, 1.807) is 0 Å². The SMILES string of the molecule is O=c1c(O)c(O)c(=O)c2c(=O)c3c(=O)c(O)c(O)c(=O)c3c(=O)c12. The van der Waals surface area contributed by atoms with Crippen molar-refractivity contribution in [3.63, 3.8) is 0 Å². The van der Waals surface area contributed by atoms with Crippen LogP contribution >= 0.6 is 0 Å². The Morgan fingerprint density at radius 3 is 0.667 bits per heavy atom. The van der Waals surface area contributed by atoms with Gasteiger partial charge in [0.1, 0.15) is 0 Å². The zero-order valence-corrected chi connectivity index (χ0v) is 11.2. The van der Waals surface area contributed by atoms with E-state index in [1.807, 2.05) is 0 Å². The normalized spacial score (nSPS) is 11.3. The molecule has 4 N–H and O–H groups in total. The van der Waals surface area contributed by atoms with E-state index < -0.39 is 77.1 Å². The molecule has 0 spiro atoms. The monoisotopic (exact) mass is 332 g/mol. The summed E-state index contributed by atoms with van der Waals surface area (Å²) in [7, 11) is 0. The van der Waals surface area contributed by atoms with Crippen LogP contribution in [0.3, 0.4) is 0 Å². The number of rotatable bonds is 0. The molecule has 0 unspecified atom stereocenters. The van der Waals surface area contributed by atoms with E-state index in [0.717, 1.165) is 0 Å². The van der Waals surface area contributed by atoms with Crippen molar-refractivity contribution < 1.29 is 20.4 Å². The van der Waals surface area contributed by atoms with E-state index in [9.17, 15) is 49.2 Å². The Kier molecular flexibility index (Phi) is 2.73. The standard InChI is InChI=1S/C14H4O10/c15-5-1-2(8(18)12(22)11(21)7(1)17)6(16)4-3(5)9(19)13(23)14(24)10(4)20/h21-24H. The maximum Gasteiger partial charge on any atom is 0.236 e. The third kappa shape index (κ3) is 1.48. The number of fused-ring (bicyclic) bond motifs is 2. The van der Waals surface area contributed by atoms with Crippen LogP contribution in [0.4, 0.5) is 0 Å². The van der Waals surface area contributed by atoms with Gasteiger partial charge < -0.3 is 20.4 Å². The molecule has 120 valence electrons. The highest BCUT2D eigenvalue weighted by molar-refractivity contribution is 5.99. The van der Waals surface area contributed by atoms with Gasteiger partial charge in [0.25, 0.3) is 0 Å². The molecule has 0 saturated heterocycles. The lowest BCUT2D eigenvalue weighted by Gasteiger charge is -2.02. The fraction of sp³-hybridized carbons (Fsp3) is 0. The minimum Gasteiger partial charge on any atom is -0.501 e. The molecule has 0 aromatic heterocycles. The molecule has 3 rings (SSSR count). The van der Waals surface area contributed by atoms with Crippen molar-refractivity contribution in [3.8, 4) is 23.0 Å². The highest BCUT2D eigenvalue weighted by Gasteiger charge is 2.27. The molecule has 10 heteroatoms. The molecule has 0 atom stereocenters. The van der Waals surface area contributed by atoms with Crippen molar-refractivity contribution >= 4 is 21.5 Å². The number of aromatic hydroxyl groups is 4. The summed E-state index contributed by atoms with van der Waals surface area (Å²) in [5.74, 6) is -6.00. The van der Waals surface area contributed by atoms with Crippen LogP contribution < -0.4 is 32.6 Å². The number of hydrogen-bond acceptors (Lipinski definition) is 10. The summed E-state index contributed by atoms with van der Waals surface area (Å²) in [6.45, 7) is 0. The predicted molar refractivity (Wildman–Crippen MR) is 79.3 cm³/mol. The van der Waals surface area contributed by atoms with Gasteiger partial charge in [-0.25, -0.2) is 0 Å². The molecule has 3 aromatic carbocycles. The number of phenols is 4. The van der Waals surface area contributed by atoms with Gasteiger partial charge in [-0.2, -0.15) is 0 Å². The lowest BCUT2D eigenvalue weighted by atomic mass is 9.99. The number of benzene rings is 3. The summed E-state index contributed by atoms with van der Waals surface area (Å²) in [4.78, 5) is 72.2. The zero-order chi connectivity index (χ0) is 18.1. The summed E-state index contributed by atoms with van der Waals surface area (Å²) < 4.78 is 0. The van der Waals surface area contributed by atoms with Crippen LogP contribution in [0.25, 0.3) is 21.5 Å². The maximum absolute atomic E-state index is 12.3. The van der Waals surface area contributed by atoms with Gasteiger partial charge in [-0.3, -0.25) is 28.8 Å². The summed E-state index contributed by atoms with van der Waals surface area (Å²) in [5.41, 5.74) is -9.49. The van der Waals surface area contributed by atoms with Gasteiger partial charge in [0.05, 0.1) is 21.5 Å². The third-order valence-electron chi connectivity index (χ3n) is 3.63. The second kappa shape index (κ2) is 4.35. The lowest BCUT2D eigenvalue weighted by molar-refractivity contribution is 0.398. The number of hydrogen-bond donors (Lipinski definition) is 4. The van der Waals surface area contributed by atoms with Crippen molar-refractivity contribution in [2.45, 2.75) is 0 Å².